The Morgan fingerprint density at radius 3 is 2.86 bits per heavy atom. The second-order valence-corrected chi connectivity index (χ2v) is 7.16. The highest BCUT2D eigenvalue weighted by Gasteiger charge is 2.33. The number of aromatic nitrogens is 2. The summed E-state index contributed by atoms with van der Waals surface area (Å²) in [5, 5.41) is 4.01. The van der Waals surface area contributed by atoms with Crippen molar-refractivity contribution in [2.24, 2.45) is 5.73 Å². The van der Waals surface area contributed by atoms with Crippen molar-refractivity contribution >= 4 is 0 Å². The molecule has 0 spiro atoms. The topological polar surface area (TPSA) is 71.4 Å². The predicted octanol–water partition coefficient (Wildman–Crippen LogP) is 1.32. The molecule has 21 heavy (non-hydrogen) atoms. The van der Waals surface area contributed by atoms with Crippen molar-refractivity contribution in [3.05, 3.63) is 11.7 Å². The van der Waals surface area contributed by atoms with Crippen molar-refractivity contribution in [3.8, 4) is 0 Å². The van der Waals surface area contributed by atoms with E-state index in [1.165, 1.54) is 25.8 Å². The van der Waals surface area contributed by atoms with E-state index in [1.807, 2.05) is 13.8 Å². The van der Waals surface area contributed by atoms with E-state index in [2.05, 4.69) is 26.9 Å². The van der Waals surface area contributed by atoms with Gasteiger partial charge in [0, 0.05) is 25.2 Å². The van der Waals surface area contributed by atoms with E-state index < -0.39 is 5.54 Å². The maximum absolute atomic E-state index is 6.01. The molecule has 2 unspecified atom stereocenters. The van der Waals surface area contributed by atoms with E-state index in [9.17, 15) is 0 Å². The SMILES string of the molecule is CC1CN2CCCCC2CN1Cc1nc(C(C)(C)N)no1. The second kappa shape index (κ2) is 5.66. The van der Waals surface area contributed by atoms with Gasteiger partial charge >= 0.3 is 0 Å². The number of fused-ring (bicyclic) bond motifs is 1. The molecule has 0 aliphatic carbocycles. The molecule has 2 aliphatic rings. The molecule has 0 amide bonds. The normalized spacial score (nSPS) is 28.6. The van der Waals surface area contributed by atoms with Crippen LogP contribution in [-0.2, 0) is 12.1 Å². The van der Waals surface area contributed by atoms with Crippen LogP contribution in [0.1, 0.15) is 51.7 Å². The van der Waals surface area contributed by atoms with Gasteiger partial charge in [-0.05, 0) is 40.2 Å². The van der Waals surface area contributed by atoms with Gasteiger partial charge in [-0.25, -0.2) is 0 Å². The van der Waals surface area contributed by atoms with Gasteiger partial charge in [-0.1, -0.05) is 11.6 Å². The predicted molar refractivity (Wildman–Crippen MR) is 80.6 cm³/mol. The third-order valence-corrected chi connectivity index (χ3v) is 4.70. The fraction of sp³-hybridized carbons (Fsp3) is 0.867. The Hall–Kier alpha value is -0.980. The van der Waals surface area contributed by atoms with Gasteiger partial charge in [-0.15, -0.1) is 0 Å². The monoisotopic (exact) mass is 293 g/mol. The number of nitrogens with two attached hydrogens (primary N) is 1. The van der Waals surface area contributed by atoms with E-state index in [4.69, 9.17) is 10.3 Å². The summed E-state index contributed by atoms with van der Waals surface area (Å²) in [7, 11) is 0. The molecule has 2 saturated heterocycles. The number of hydrogen-bond donors (Lipinski definition) is 1. The van der Waals surface area contributed by atoms with Crippen molar-refractivity contribution in [2.45, 2.75) is 64.2 Å². The van der Waals surface area contributed by atoms with Crippen molar-refractivity contribution in [3.63, 3.8) is 0 Å². The fourth-order valence-electron chi connectivity index (χ4n) is 3.39. The summed E-state index contributed by atoms with van der Waals surface area (Å²) in [6.45, 7) is 10.3. The van der Waals surface area contributed by atoms with Gasteiger partial charge in [0.25, 0.3) is 0 Å². The zero-order chi connectivity index (χ0) is 15.0. The Morgan fingerprint density at radius 1 is 1.33 bits per heavy atom. The molecule has 1 aromatic rings. The number of nitrogens with zero attached hydrogens (tertiary/aromatic N) is 4. The van der Waals surface area contributed by atoms with Gasteiger partial charge in [0.15, 0.2) is 5.82 Å². The molecule has 0 aromatic carbocycles. The summed E-state index contributed by atoms with van der Waals surface area (Å²) in [6.07, 6.45) is 4.02. The highest BCUT2D eigenvalue weighted by Crippen LogP contribution is 2.25. The van der Waals surface area contributed by atoms with Crippen LogP contribution in [-0.4, -0.2) is 51.7 Å². The zero-order valence-electron chi connectivity index (χ0n) is 13.4. The van der Waals surface area contributed by atoms with Crippen LogP contribution in [0.3, 0.4) is 0 Å². The van der Waals surface area contributed by atoms with E-state index in [0.717, 1.165) is 19.6 Å². The van der Waals surface area contributed by atoms with Gasteiger partial charge < -0.3 is 10.3 Å². The Bertz CT molecular complexity index is 481. The minimum absolute atomic E-state index is 0.528. The third-order valence-electron chi connectivity index (χ3n) is 4.70. The smallest absolute Gasteiger partial charge is 0.240 e. The van der Waals surface area contributed by atoms with Crippen molar-refractivity contribution in [1.82, 2.24) is 19.9 Å². The van der Waals surface area contributed by atoms with Crippen LogP contribution in [0.5, 0.6) is 0 Å². The standard InChI is InChI=1S/C15H27N5O/c1-11-8-19-7-5-4-6-12(19)9-20(11)10-13-17-14(18-21-13)15(2,3)16/h11-12H,4-10,16H2,1-3H3. The number of piperazine rings is 1. The lowest BCUT2D eigenvalue weighted by molar-refractivity contribution is 0.00644. The number of rotatable bonds is 3. The first-order chi connectivity index (χ1) is 9.93. The Balaban J connectivity index is 1.65. The van der Waals surface area contributed by atoms with Gasteiger partial charge in [0.1, 0.15) is 0 Å². The van der Waals surface area contributed by atoms with Crippen LogP contribution in [0.25, 0.3) is 0 Å². The Kier molecular flexibility index (Phi) is 4.03. The van der Waals surface area contributed by atoms with Crippen LogP contribution in [0.2, 0.25) is 0 Å². The van der Waals surface area contributed by atoms with E-state index in [-0.39, 0.29) is 0 Å². The number of hydrogen-bond acceptors (Lipinski definition) is 6. The Labute approximate surface area is 126 Å². The summed E-state index contributed by atoms with van der Waals surface area (Å²) in [6, 6.07) is 1.23. The first kappa shape index (κ1) is 14.9. The summed E-state index contributed by atoms with van der Waals surface area (Å²) in [4.78, 5) is 9.57. The summed E-state index contributed by atoms with van der Waals surface area (Å²) >= 11 is 0. The van der Waals surface area contributed by atoms with Gasteiger partial charge in [0.05, 0.1) is 12.1 Å². The third kappa shape index (κ3) is 3.27. The summed E-state index contributed by atoms with van der Waals surface area (Å²) < 4.78 is 5.38. The minimum atomic E-state index is -0.546. The molecule has 1 aromatic heterocycles. The lowest BCUT2D eigenvalue weighted by Gasteiger charge is -2.47. The molecule has 118 valence electrons. The second-order valence-electron chi connectivity index (χ2n) is 7.16. The van der Waals surface area contributed by atoms with Crippen LogP contribution in [0.4, 0.5) is 0 Å². The van der Waals surface area contributed by atoms with Crippen LogP contribution >= 0.6 is 0 Å². The van der Waals surface area contributed by atoms with Gasteiger partial charge in [-0.2, -0.15) is 4.98 Å². The molecule has 3 rings (SSSR count). The van der Waals surface area contributed by atoms with Crippen LogP contribution < -0.4 is 5.73 Å². The maximum Gasteiger partial charge on any atom is 0.240 e. The molecule has 0 bridgehead atoms. The first-order valence-corrected chi connectivity index (χ1v) is 8.03. The Morgan fingerprint density at radius 2 is 2.14 bits per heavy atom. The molecule has 3 heterocycles. The molecule has 6 heteroatoms. The van der Waals surface area contributed by atoms with Gasteiger partial charge in [-0.3, -0.25) is 9.80 Å². The van der Waals surface area contributed by atoms with E-state index in [0.29, 0.717) is 23.8 Å². The van der Waals surface area contributed by atoms with Gasteiger partial charge in [0.2, 0.25) is 5.89 Å². The van der Waals surface area contributed by atoms with E-state index >= 15 is 0 Å². The van der Waals surface area contributed by atoms with Crippen LogP contribution in [0.15, 0.2) is 4.52 Å². The molecule has 2 atom stereocenters. The van der Waals surface area contributed by atoms with Crippen LogP contribution in [0, 0.1) is 0 Å². The minimum Gasteiger partial charge on any atom is -0.338 e. The lowest BCUT2D eigenvalue weighted by Crippen LogP contribution is -2.58. The van der Waals surface area contributed by atoms with Crippen molar-refractivity contribution in [1.29, 1.82) is 0 Å². The first-order valence-electron chi connectivity index (χ1n) is 8.03. The van der Waals surface area contributed by atoms with E-state index in [1.54, 1.807) is 0 Å². The molecule has 2 fully saturated rings. The molecule has 0 radical (unpaired) electrons. The average Bonchev–Trinajstić information content (AvgIpc) is 2.88. The molecule has 2 N–H and O–H groups in total. The molecular formula is C15H27N5O. The largest absolute Gasteiger partial charge is 0.338 e. The highest BCUT2D eigenvalue weighted by molar-refractivity contribution is 5.00. The summed E-state index contributed by atoms with van der Waals surface area (Å²) in [5.41, 5.74) is 5.47. The number of piperidine rings is 1. The quantitative estimate of drug-likeness (QED) is 0.906. The average molecular weight is 293 g/mol. The summed E-state index contributed by atoms with van der Waals surface area (Å²) in [5.74, 6) is 1.26. The fourth-order valence-corrected chi connectivity index (χ4v) is 3.39. The van der Waals surface area contributed by atoms with Crippen molar-refractivity contribution < 1.29 is 4.52 Å². The maximum atomic E-state index is 6.01. The molecule has 2 aliphatic heterocycles. The molecule has 6 nitrogen and oxygen atoms in total. The molecule has 0 saturated carbocycles. The van der Waals surface area contributed by atoms with Crippen molar-refractivity contribution in [2.75, 3.05) is 19.6 Å². The highest BCUT2D eigenvalue weighted by atomic mass is 16.5. The zero-order valence-corrected chi connectivity index (χ0v) is 13.4. The lowest BCUT2D eigenvalue weighted by atomic mass is 9.97. The molecular weight excluding hydrogens is 266 g/mol.